The molecule has 1 heterocycles. The third kappa shape index (κ3) is 4.72. The molecule has 4 nitrogen and oxygen atoms in total. The smallest absolute Gasteiger partial charge is 0.213 e. The van der Waals surface area contributed by atoms with Crippen LogP contribution >= 0.6 is 11.8 Å². The van der Waals surface area contributed by atoms with E-state index in [-0.39, 0.29) is 5.75 Å². The van der Waals surface area contributed by atoms with Crippen LogP contribution in [0, 0.1) is 13.8 Å². The fourth-order valence-corrected chi connectivity index (χ4v) is 4.60. The quantitative estimate of drug-likeness (QED) is 0.744. The Morgan fingerprint density at radius 1 is 1.09 bits per heavy atom. The van der Waals surface area contributed by atoms with Gasteiger partial charge in [-0.15, -0.1) is 11.8 Å². The van der Waals surface area contributed by atoms with Crippen molar-refractivity contribution in [2.45, 2.75) is 25.7 Å². The third-order valence-corrected chi connectivity index (χ3v) is 7.10. The predicted octanol–water partition coefficient (Wildman–Crippen LogP) is 2.36. The highest BCUT2D eigenvalue weighted by Crippen LogP contribution is 2.21. The molecule has 0 saturated carbocycles. The molecule has 0 unspecified atom stereocenters. The lowest BCUT2D eigenvalue weighted by molar-refractivity contribution is 0.198. The number of benzene rings is 1. The predicted molar refractivity (Wildman–Crippen MR) is 94.1 cm³/mol. The second-order valence-electron chi connectivity index (χ2n) is 5.74. The number of sulfonamides is 1. The molecule has 0 spiro atoms. The minimum absolute atomic E-state index is 0.204. The van der Waals surface area contributed by atoms with Crippen LogP contribution in [0.15, 0.2) is 23.1 Å². The normalized spacial score (nSPS) is 17.8. The molecule has 1 aromatic rings. The van der Waals surface area contributed by atoms with Gasteiger partial charge in [0, 0.05) is 43.4 Å². The summed E-state index contributed by atoms with van der Waals surface area (Å²) < 4.78 is 25.3. The monoisotopic (exact) mass is 342 g/mol. The van der Waals surface area contributed by atoms with Gasteiger partial charge in [0.2, 0.25) is 10.0 Å². The Balaban J connectivity index is 1.74. The molecule has 0 aromatic heterocycles. The van der Waals surface area contributed by atoms with Gasteiger partial charge in [-0.2, -0.15) is 4.31 Å². The summed E-state index contributed by atoms with van der Waals surface area (Å²) >= 11 is 1.87. The SMILES string of the molecule is CCS(=O)(=O)N1CCN(CCSc2ccc(C)c(C)c2)CC1. The summed E-state index contributed by atoms with van der Waals surface area (Å²) in [6.07, 6.45) is 0. The Hall–Kier alpha value is -0.560. The van der Waals surface area contributed by atoms with E-state index in [0.29, 0.717) is 13.1 Å². The first-order valence-electron chi connectivity index (χ1n) is 7.82. The maximum atomic E-state index is 11.8. The largest absolute Gasteiger partial charge is 0.300 e. The molecule has 1 saturated heterocycles. The zero-order valence-electron chi connectivity index (χ0n) is 13.7. The zero-order chi connectivity index (χ0) is 16.2. The van der Waals surface area contributed by atoms with Gasteiger partial charge in [-0.05, 0) is 44.0 Å². The van der Waals surface area contributed by atoms with Crippen molar-refractivity contribution in [1.29, 1.82) is 0 Å². The van der Waals surface area contributed by atoms with E-state index < -0.39 is 10.0 Å². The van der Waals surface area contributed by atoms with Gasteiger partial charge in [-0.25, -0.2) is 8.42 Å². The topological polar surface area (TPSA) is 40.6 Å². The van der Waals surface area contributed by atoms with Gasteiger partial charge < -0.3 is 0 Å². The molecule has 22 heavy (non-hydrogen) atoms. The van der Waals surface area contributed by atoms with E-state index in [1.54, 1.807) is 11.2 Å². The van der Waals surface area contributed by atoms with E-state index in [1.807, 2.05) is 11.8 Å². The van der Waals surface area contributed by atoms with Crippen LogP contribution < -0.4 is 0 Å². The summed E-state index contributed by atoms with van der Waals surface area (Å²) in [7, 11) is -3.02. The van der Waals surface area contributed by atoms with Gasteiger partial charge in [-0.3, -0.25) is 4.90 Å². The molecule has 0 aliphatic carbocycles. The Kier molecular flexibility index (Phi) is 6.32. The third-order valence-electron chi connectivity index (χ3n) is 4.24. The number of aryl methyl sites for hydroxylation is 2. The molecule has 1 fully saturated rings. The molecule has 0 amide bonds. The number of piperazine rings is 1. The molecule has 0 N–H and O–H groups in total. The van der Waals surface area contributed by atoms with E-state index in [4.69, 9.17) is 0 Å². The Bertz CT molecular complexity index is 594. The minimum atomic E-state index is -3.02. The summed E-state index contributed by atoms with van der Waals surface area (Å²) in [6, 6.07) is 6.59. The number of rotatable bonds is 6. The van der Waals surface area contributed by atoms with Gasteiger partial charge in [-0.1, -0.05) is 6.07 Å². The average Bonchev–Trinajstić information content (AvgIpc) is 2.51. The first kappa shape index (κ1) is 17.8. The van der Waals surface area contributed by atoms with Crippen LogP contribution in [-0.2, 0) is 10.0 Å². The Morgan fingerprint density at radius 2 is 1.77 bits per heavy atom. The fraction of sp³-hybridized carbons (Fsp3) is 0.625. The lowest BCUT2D eigenvalue weighted by Crippen LogP contribution is -2.49. The summed E-state index contributed by atoms with van der Waals surface area (Å²) in [5.41, 5.74) is 2.67. The second-order valence-corrected chi connectivity index (χ2v) is 9.16. The molecule has 1 aromatic carbocycles. The lowest BCUT2D eigenvalue weighted by Gasteiger charge is -2.33. The van der Waals surface area contributed by atoms with Crippen LogP contribution in [0.4, 0.5) is 0 Å². The number of hydrogen-bond donors (Lipinski definition) is 0. The standard InChI is InChI=1S/C16H26N2O2S2/c1-4-22(19,20)18-9-7-17(8-10-18)11-12-21-16-6-5-14(2)15(3)13-16/h5-6,13H,4,7-12H2,1-3H3. The van der Waals surface area contributed by atoms with Crippen molar-refractivity contribution in [3.63, 3.8) is 0 Å². The minimum Gasteiger partial charge on any atom is -0.300 e. The Morgan fingerprint density at radius 3 is 2.36 bits per heavy atom. The van der Waals surface area contributed by atoms with Crippen molar-refractivity contribution in [1.82, 2.24) is 9.21 Å². The van der Waals surface area contributed by atoms with E-state index in [2.05, 4.69) is 36.9 Å². The molecule has 0 atom stereocenters. The zero-order valence-corrected chi connectivity index (χ0v) is 15.3. The molecular formula is C16H26N2O2S2. The van der Waals surface area contributed by atoms with Crippen LogP contribution in [0.3, 0.4) is 0 Å². The first-order chi connectivity index (χ1) is 10.4. The number of thioether (sulfide) groups is 1. The van der Waals surface area contributed by atoms with Crippen molar-refractivity contribution < 1.29 is 8.42 Å². The summed E-state index contributed by atoms with van der Waals surface area (Å²) in [5, 5.41) is 0. The molecule has 2 rings (SSSR count). The van der Waals surface area contributed by atoms with Crippen molar-refractivity contribution in [3.8, 4) is 0 Å². The van der Waals surface area contributed by atoms with Gasteiger partial charge >= 0.3 is 0 Å². The van der Waals surface area contributed by atoms with E-state index in [9.17, 15) is 8.42 Å². The van der Waals surface area contributed by atoms with Crippen LogP contribution in [0.5, 0.6) is 0 Å². The van der Waals surface area contributed by atoms with E-state index >= 15 is 0 Å². The summed E-state index contributed by atoms with van der Waals surface area (Å²) in [6.45, 7) is 9.94. The average molecular weight is 343 g/mol. The summed E-state index contributed by atoms with van der Waals surface area (Å²) in [5.74, 6) is 1.25. The molecule has 124 valence electrons. The number of nitrogens with zero attached hydrogens (tertiary/aromatic N) is 2. The maximum Gasteiger partial charge on any atom is 0.213 e. The van der Waals surface area contributed by atoms with Crippen LogP contribution in [0.2, 0.25) is 0 Å². The van der Waals surface area contributed by atoms with Crippen LogP contribution in [0.1, 0.15) is 18.1 Å². The highest BCUT2D eigenvalue weighted by molar-refractivity contribution is 7.99. The molecule has 6 heteroatoms. The molecule has 1 aliphatic rings. The molecule has 0 radical (unpaired) electrons. The van der Waals surface area contributed by atoms with E-state index in [0.717, 1.165) is 25.4 Å². The molecular weight excluding hydrogens is 316 g/mol. The fourth-order valence-electron chi connectivity index (χ4n) is 2.51. The van der Waals surface area contributed by atoms with Gasteiger partial charge in [0.25, 0.3) is 0 Å². The van der Waals surface area contributed by atoms with Gasteiger partial charge in [0.05, 0.1) is 5.75 Å². The highest BCUT2D eigenvalue weighted by atomic mass is 32.2. The van der Waals surface area contributed by atoms with Crippen LogP contribution in [-0.4, -0.2) is 61.9 Å². The van der Waals surface area contributed by atoms with Crippen molar-refractivity contribution in [2.75, 3.05) is 44.2 Å². The maximum absolute atomic E-state index is 11.8. The van der Waals surface area contributed by atoms with Crippen LogP contribution in [0.25, 0.3) is 0 Å². The van der Waals surface area contributed by atoms with E-state index in [1.165, 1.54) is 16.0 Å². The first-order valence-corrected chi connectivity index (χ1v) is 10.4. The van der Waals surface area contributed by atoms with Crippen molar-refractivity contribution >= 4 is 21.8 Å². The van der Waals surface area contributed by atoms with Gasteiger partial charge in [0.1, 0.15) is 0 Å². The second kappa shape index (κ2) is 7.81. The van der Waals surface area contributed by atoms with Crippen molar-refractivity contribution in [2.24, 2.45) is 0 Å². The van der Waals surface area contributed by atoms with Gasteiger partial charge in [0.15, 0.2) is 0 Å². The molecule has 0 bridgehead atoms. The number of hydrogen-bond acceptors (Lipinski definition) is 4. The Labute approximate surface area is 138 Å². The highest BCUT2D eigenvalue weighted by Gasteiger charge is 2.24. The van der Waals surface area contributed by atoms with Crippen molar-refractivity contribution in [3.05, 3.63) is 29.3 Å². The summed E-state index contributed by atoms with van der Waals surface area (Å²) in [4.78, 5) is 3.67. The molecule has 1 aliphatic heterocycles. The lowest BCUT2D eigenvalue weighted by atomic mass is 10.1.